The third-order valence-electron chi connectivity index (χ3n) is 4.76. The van der Waals surface area contributed by atoms with Crippen molar-refractivity contribution < 1.29 is 44.2 Å². The Bertz CT molecular complexity index is 1140. The number of sulfonamides is 1. The first kappa shape index (κ1) is 29.6. The lowest BCUT2D eigenvalue weighted by atomic mass is 9.79. The second-order valence-corrected chi connectivity index (χ2v) is 11.6. The fraction of sp³-hybridized carbons (Fsp3) is 0.545. The Morgan fingerprint density at radius 1 is 0.750 bits per heavy atom. The van der Waals surface area contributed by atoms with Crippen LogP contribution in [0.4, 0.5) is 26.3 Å². The minimum absolute atomic E-state index is 0.196. The lowest BCUT2D eigenvalue weighted by molar-refractivity contribution is -0.155. The summed E-state index contributed by atoms with van der Waals surface area (Å²) in [5, 5.41) is 5.06. The molecule has 202 valence electrons. The summed E-state index contributed by atoms with van der Waals surface area (Å²) in [5.41, 5.74) is 0.894. The Balaban J connectivity index is 2.88. The van der Waals surface area contributed by atoms with Crippen molar-refractivity contribution >= 4 is 10.0 Å². The van der Waals surface area contributed by atoms with Crippen LogP contribution in [0.15, 0.2) is 23.1 Å². The Kier molecular flexibility index (Phi) is 7.97. The molecule has 0 aliphatic carbocycles. The van der Waals surface area contributed by atoms with Gasteiger partial charge >= 0.3 is 12.4 Å². The topological polar surface area (TPSA) is 104 Å². The molecule has 1 aromatic carbocycles. The molecule has 0 atom stereocenters. The van der Waals surface area contributed by atoms with Crippen LogP contribution in [0.1, 0.15) is 52.7 Å². The highest BCUT2D eigenvalue weighted by atomic mass is 32.2. The van der Waals surface area contributed by atoms with E-state index in [4.69, 9.17) is 5.14 Å². The van der Waals surface area contributed by atoms with Gasteiger partial charge in [-0.2, -0.15) is 36.3 Å². The maximum Gasteiger partial charge on any atom is 0.422 e. The van der Waals surface area contributed by atoms with Crippen molar-refractivity contribution in [1.29, 1.82) is 0 Å². The molecule has 7 nitrogen and oxygen atoms in total. The molecule has 0 saturated heterocycles. The molecule has 2 N–H and O–H groups in total. The zero-order chi connectivity index (χ0) is 27.9. The van der Waals surface area contributed by atoms with E-state index in [1.165, 1.54) is 0 Å². The van der Waals surface area contributed by atoms with Gasteiger partial charge in [0.15, 0.2) is 19.0 Å². The zero-order valence-corrected chi connectivity index (χ0v) is 21.2. The number of aromatic nitrogens is 2. The molecule has 36 heavy (non-hydrogen) atoms. The monoisotopic (exact) mass is 543 g/mol. The van der Waals surface area contributed by atoms with E-state index in [0.29, 0.717) is 0 Å². The van der Waals surface area contributed by atoms with E-state index in [0.717, 1.165) is 11.1 Å². The second kappa shape index (κ2) is 9.69. The average molecular weight is 544 g/mol. The quantitative estimate of drug-likeness (QED) is 0.498. The van der Waals surface area contributed by atoms with Crippen LogP contribution in [0.2, 0.25) is 0 Å². The maximum atomic E-state index is 12.8. The van der Waals surface area contributed by atoms with Gasteiger partial charge in [-0.15, -0.1) is 0 Å². The van der Waals surface area contributed by atoms with Crippen molar-refractivity contribution in [1.82, 2.24) is 9.97 Å². The molecule has 0 amide bonds. The molecule has 1 heterocycles. The summed E-state index contributed by atoms with van der Waals surface area (Å²) in [6.45, 7) is 7.44. The van der Waals surface area contributed by atoms with Crippen molar-refractivity contribution in [3.63, 3.8) is 0 Å². The van der Waals surface area contributed by atoms with Gasteiger partial charge in [-0.1, -0.05) is 47.6 Å². The largest absolute Gasteiger partial charge is 0.467 e. The van der Waals surface area contributed by atoms with Gasteiger partial charge in [0.25, 0.3) is 0 Å². The number of rotatable bonds is 6. The van der Waals surface area contributed by atoms with Crippen LogP contribution in [0, 0.1) is 0 Å². The summed E-state index contributed by atoms with van der Waals surface area (Å²) in [4.78, 5) is 6.29. The number of halogens is 6. The molecule has 0 bridgehead atoms. The average Bonchev–Trinajstić information content (AvgIpc) is 2.66. The number of ether oxygens (including phenoxy) is 2. The number of hydrogen-bond acceptors (Lipinski definition) is 6. The number of nitrogens with zero attached hydrogens (tertiary/aromatic N) is 2. The first-order valence-electron chi connectivity index (χ1n) is 10.5. The fourth-order valence-corrected chi connectivity index (χ4v) is 3.60. The van der Waals surface area contributed by atoms with Crippen molar-refractivity contribution in [2.24, 2.45) is 5.14 Å². The molecule has 0 fully saturated rings. The molecule has 0 saturated carbocycles. The SMILES string of the molecule is CC(C)(C)c1cc(-c2nc(OCC(F)(F)F)c(S(N)(=O)=O)c(OCC(F)(F)F)n2)cc(C(C)(C)C)c1. The van der Waals surface area contributed by atoms with Crippen LogP contribution in [0.5, 0.6) is 11.8 Å². The van der Waals surface area contributed by atoms with Crippen LogP contribution in [0.3, 0.4) is 0 Å². The Morgan fingerprint density at radius 3 is 1.39 bits per heavy atom. The van der Waals surface area contributed by atoms with Gasteiger partial charge in [-0.3, -0.25) is 0 Å². The highest BCUT2D eigenvalue weighted by Gasteiger charge is 2.35. The molecule has 2 rings (SSSR count). The predicted octanol–water partition coefficient (Wildman–Crippen LogP) is 5.27. The summed E-state index contributed by atoms with van der Waals surface area (Å²) < 4.78 is 110. The number of hydrogen-bond donors (Lipinski definition) is 1. The van der Waals surface area contributed by atoms with E-state index < -0.39 is 68.9 Å². The van der Waals surface area contributed by atoms with Gasteiger partial charge in [0.05, 0.1) is 0 Å². The Hall–Kier alpha value is -2.61. The van der Waals surface area contributed by atoms with E-state index in [1.807, 2.05) is 47.6 Å². The smallest absolute Gasteiger partial charge is 0.422 e. The number of alkyl halides is 6. The van der Waals surface area contributed by atoms with Crippen LogP contribution in [-0.2, 0) is 20.9 Å². The van der Waals surface area contributed by atoms with Crippen molar-refractivity contribution in [3.05, 3.63) is 29.3 Å². The van der Waals surface area contributed by atoms with Gasteiger partial charge in [-0.05, 0) is 34.1 Å². The minimum Gasteiger partial charge on any atom is -0.467 e. The van der Waals surface area contributed by atoms with E-state index in [-0.39, 0.29) is 5.56 Å². The van der Waals surface area contributed by atoms with Crippen molar-refractivity contribution in [2.75, 3.05) is 13.2 Å². The van der Waals surface area contributed by atoms with E-state index in [9.17, 15) is 34.8 Å². The normalized spacial score (nSPS) is 13.6. The van der Waals surface area contributed by atoms with Gasteiger partial charge in [0.1, 0.15) is 0 Å². The molecule has 0 spiro atoms. The molecular formula is C22H27F6N3O4S. The lowest BCUT2D eigenvalue weighted by Gasteiger charge is -2.26. The van der Waals surface area contributed by atoms with Crippen LogP contribution < -0.4 is 14.6 Å². The summed E-state index contributed by atoms with van der Waals surface area (Å²) in [7, 11) is -4.97. The zero-order valence-electron chi connectivity index (χ0n) is 20.4. The van der Waals surface area contributed by atoms with Crippen LogP contribution in [-0.4, -0.2) is 44.0 Å². The van der Waals surface area contributed by atoms with E-state index >= 15 is 0 Å². The summed E-state index contributed by atoms with van der Waals surface area (Å²) in [6.07, 6.45) is -9.83. The number of nitrogens with two attached hydrogens (primary N) is 1. The van der Waals surface area contributed by atoms with Gasteiger partial charge in [0, 0.05) is 5.56 Å². The summed E-state index contributed by atoms with van der Waals surface area (Å²) in [5.74, 6) is -2.78. The van der Waals surface area contributed by atoms with Gasteiger partial charge < -0.3 is 9.47 Å². The van der Waals surface area contributed by atoms with Crippen LogP contribution >= 0.6 is 0 Å². The fourth-order valence-electron chi connectivity index (χ4n) is 2.90. The van der Waals surface area contributed by atoms with Crippen molar-refractivity contribution in [2.45, 2.75) is 69.6 Å². The predicted molar refractivity (Wildman–Crippen MR) is 119 cm³/mol. The van der Waals surface area contributed by atoms with E-state index in [1.54, 1.807) is 12.1 Å². The highest BCUT2D eigenvalue weighted by Crippen LogP contribution is 2.37. The first-order valence-corrected chi connectivity index (χ1v) is 12.0. The highest BCUT2D eigenvalue weighted by molar-refractivity contribution is 7.89. The number of primary sulfonamides is 1. The molecule has 0 aliphatic rings. The third-order valence-corrected chi connectivity index (χ3v) is 5.67. The van der Waals surface area contributed by atoms with Gasteiger partial charge in [-0.25, -0.2) is 13.6 Å². The third kappa shape index (κ3) is 8.22. The molecule has 0 unspecified atom stereocenters. The standard InChI is InChI=1S/C22H27F6N3O4S/c1-19(2,3)13-7-12(8-14(9-13)20(4,5)6)16-30-17(34-10-21(23,24)25)15(36(29,32)33)18(31-16)35-11-22(26,27)28/h7-9H,10-11H2,1-6H3,(H2,29,32,33). The summed E-state index contributed by atoms with van der Waals surface area (Å²) >= 11 is 0. The Labute approximate surface area is 205 Å². The Morgan fingerprint density at radius 2 is 1.11 bits per heavy atom. The molecule has 2 aromatic rings. The lowest BCUT2D eigenvalue weighted by Crippen LogP contribution is -2.25. The van der Waals surface area contributed by atoms with Crippen LogP contribution in [0.25, 0.3) is 11.4 Å². The van der Waals surface area contributed by atoms with Crippen molar-refractivity contribution in [3.8, 4) is 23.1 Å². The van der Waals surface area contributed by atoms with E-state index in [2.05, 4.69) is 19.4 Å². The first-order chi connectivity index (χ1) is 16.0. The number of benzene rings is 1. The minimum atomic E-state index is -4.97. The molecular weight excluding hydrogens is 516 g/mol. The molecule has 0 radical (unpaired) electrons. The van der Waals surface area contributed by atoms with Gasteiger partial charge in [0.2, 0.25) is 26.7 Å². The molecule has 1 aromatic heterocycles. The maximum absolute atomic E-state index is 12.8. The molecule has 14 heteroatoms. The molecule has 0 aliphatic heterocycles. The second-order valence-electron chi connectivity index (χ2n) is 10.1. The summed E-state index contributed by atoms with van der Waals surface area (Å²) in [6, 6.07) is 5.11.